The summed E-state index contributed by atoms with van der Waals surface area (Å²) in [5.41, 5.74) is 0.857. The minimum atomic E-state index is -0.341. The van der Waals surface area contributed by atoms with Crippen molar-refractivity contribution in [2.45, 2.75) is 20.8 Å². The van der Waals surface area contributed by atoms with Gasteiger partial charge in [0, 0.05) is 17.0 Å². The Morgan fingerprint density at radius 3 is 2.42 bits per heavy atom. The van der Waals surface area contributed by atoms with Crippen LogP contribution in [0.1, 0.15) is 41.5 Å². The van der Waals surface area contributed by atoms with Crippen LogP contribution in [0.15, 0.2) is 47.7 Å². The molecule has 19 heavy (non-hydrogen) atoms. The molecule has 0 atom stereocenters. The van der Waals surface area contributed by atoms with Crippen LogP contribution in [0, 0.1) is 5.92 Å². The molecule has 1 aromatic carbocycles. The van der Waals surface area contributed by atoms with Gasteiger partial charge in [0.15, 0.2) is 12.1 Å². The number of benzene rings is 1. The second-order valence-electron chi connectivity index (χ2n) is 4.49. The zero-order valence-electron chi connectivity index (χ0n) is 11.4. The van der Waals surface area contributed by atoms with E-state index in [0.29, 0.717) is 17.4 Å². The summed E-state index contributed by atoms with van der Waals surface area (Å²) >= 11 is 0. The number of aldehydes is 1. The second kappa shape index (κ2) is 6.69. The molecule has 0 aromatic heterocycles. The Morgan fingerprint density at radius 1 is 1.26 bits per heavy atom. The van der Waals surface area contributed by atoms with Gasteiger partial charge in [-0.05, 0) is 6.92 Å². The SMILES string of the molecule is C/C=C\C(C(=O)c1ccccc1C=O)=C(\O)C(C)C. The molecule has 0 aliphatic heterocycles. The summed E-state index contributed by atoms with van der Waals surface area (Å²) in [5, 5.41) is 10.0. The van der Waals surface area contributed by atoms with Crippen molar-refractivity contribution in [3.63, 3.8) is 0 Å². The van der Waals surface area contributed by atoms with Gasteiger partial charge in [0.25, 0.3) is 0 Å². The largest absolute Gasteiger partial charge is 0.511 e. The fourth-order valence-corrected chi connectivity index (χ4v) is 1.71. The van der Waals surface area contributed by atoms with Crippen molar-refractivity contribution in [1.82, 2.24) is 0 Å². The number of hydrogen-bond acceptors (Lipinski definition) is 3. The Kier molecular flexibility index (Phi) is 5.24. The fraction of sp³-hybridized carbons (Fsp3) is 0.250. The zero-order valence-corrected chi connectivity index (χ0v) is 11.4. The molecule has 3 heteroatoms. The van der Waals surface area contributed by atoms with Crippen molar-refractivity contribution >= 4 is 12.1 Å². The Balaban J connectivity index is 3.37. The molecular weight excluding hydrogens is 240 g/mol. The van der Waals surface area contributed by atoms with Crippen molar-refractivity contribution in [3.8, 4) is 0 Å². The van der Waals surface area contributed by atoms with Crippen LogP contribution in [0.2, 0.25) is 0 Å². The van der Waals surface area contributed by atoms with Crippen LogP contribution in [0.3, 0.4) is 0 Å². The quantitative estimate of drug-likeness (QED) is 0.288. The fourth-order valence-electron chi connectivity index (χ4n) is 1.71. The van der Waals surface area contributed by atoms with E-state index in [4.69, 9.17) is 0 Å². The first-order valence-electron chi connectivity index (χ1n) is 6.17. The molecule has 0 saturated carbocycles. The molecule has 0 radical (unpaired) electrons. The van der Waals surface area contributed by atoms with E-state index in [9.17, 15) is 14.7 Å². The summed E-state index contributed by atoms with van der Waals surface area (Å²) in [6.07, 6.45) is 3.90. The van der Waals surface area contributed by atoms with Crippen LogP contribution in [-0.4, -0.2) is 17.2 Å². The minimum Gasteiger partial charge on any atom is -0.511 e. The van der Waals surface area contributed by atoms with E-state index >= 15 is 0 Å². The summed E-state index contributed by atoms with van der Waals surface area (Å²) in [7, 11) is 0. The van der Waals surface area contributed by atoms with Gasteiger partial charge in [0.2, 0.25) is 0 Å². The lowest BCUT2D eigenvalue weighted by Gasteiger charge is -2.10. The van der Waals surface area contributed by atoms with Crippen molar-refractivity contribution in [2.75, 3.05) is 0 Å². The number of Topliss-reactive ketones (excluding diaryl/α,β-unsaturated/α-hetero) is 1. The maximum Gasteiger partial charge on any atom is 0.197 e. The van der Waals surface area contributed by atoms with Crippen LogP contribution in [0.25, 0.3) is 0 Å². The van der Waals surface area contributed by atoms with Gasteiger partial charge >= 0.3 is 0 Å². The van der Waals surface area contributed by atoms with Crippen LogP contribution >= 0.6 is 0 Å². The Morgan fingerprint density at radius 2 is 1.89 bits per heavy atom. The molecule has 100 valence electrons. The highest BCUT2D eigenvalue weighted by Crippen LogP contribution is 2.19. The van der Waals surface area contributed by atoms with Crippen LogP contribution in [0.4, 0.5) is 0 Å². The molecule has 1 rings (SSSR count). The summed E-state index contributed by atoms with van der Waals surface area (Å²) in [5.74, 6) is -0.464. The lowest BCUT2D eigenvalue weighted by Crippen LogP contribution is -2.10. The van der Waals surface area contributed by atoms with E-state index in [0.717, 1.165) is 0 Å². The van der Waals surface area contributed by atoms with Crippen LogP contribution in [0.5, 0.6) is 0 Å². The number of aliphatic hydroxyl groups is 1. The highest BCUT2D eigenvalue weighted by Gasteiger charge is 2.18. The van der Waals surface area contributed by atoms with Gasteiger partial charge in [0.05, 0.1) is 5.57 Å². The first-order valence-corrected chi connectivity index (χ1v) is 6.17. The monoisotopic (exact) mass is 258 g/mol. The zero-order chi connectivity index (χ0) is 14.4. The summed E-state index contributed by atoms with van der Waals surface area (Å²) < 4.78 is 0. The van der Waals surface area contributed by atoms with Gasteiger partial charge in [-0.15, -0.1) is 0 Å². The van der Waals surface area contributed by atoms with Gasteiger partial charge in [-0.3, -0.25) is 9.59 Å². The molecule has 0 unspecified atom stereocenters. The molecule has 0 amide bonds. The molecule has 0 fully saturated rings. The standard InChI is InChI=1S/C16H18O3/c1-4-7-14(15(18)11(2)3)16(19)13-9-6-5-8-12(13)10-17/h4-11,18H,1-3H3/b7-4-,15-14-. The molecule has 1 N–H and O–H groups in total. The molecule has 1 aromatic rings. The summed E-state index contributed by atoms with van der Waals surface area (Å²) in [6, 6.07) is 6.56. The lowest BCUT2D eigenvalue weighted by molar-refractivity contribution is 0.102. The molecule has 0 heterocycles. The van der Waals surface area contributed by atoms with E-state index in [-0.39, 0.29) is 23.0 Å². The predicted molar refractivity (Wildman–Crippen MR) is 75.5 cm³/mol. The van der Waals surface area contributed by atoms with Crippen molar-refractivity contribution in [2.24, 2.45) is 5.92 Å². The maximum absolute atomic E-state index is 12.4. The summed E-state index contributed by atoms with van der Waals surface area (Å²) in [6.45, 7) is 5.38. The third kappa shape index (κ3) is 3.41. The minimum absolute atomic E-state index is 0.0313. The Labute approximate surface area is 113 Å². The number of rotatable bonds is 5. The van der Waals surface area contributed by atoms with Gasteiger partial charge < -0.3 is 5.11 Å². The second-order valence-corrected chi connectivity index (χ2v) is 4.49. The molecule has 0 aliphatic rings. The molecule has 0 spiro atoms. The molecule has 0 aliphatic carbocycles. The van der Waals surface area contributed by atoms with Gasteiger partial charge in [-0.1, -0.05) is 50.3 Å². The lowest BCUT2D eigenvalue weighted by atomic mass is 9.95. The van der Waals surface area contributed by atoms with E-state index in [1.807, 2.05) is 0 Å². The number of ketones is 1. The number of hydrogen-bond donors (Lipinski definition) is 1. The average Bonchev–Trinajstić information content (AvgIpc) is 2.43. The number of carbonyl (C=O) groups is 2. The van der Waals surface area contributed by atoms with Crippen molar-refractivity contribution < 1.29 is 14.7 Å². The van der Waals surface area contributed by atoms with Gasteiger partial charge in [0.1, 0.15) is 5.76 Å². The van der Waals surface area contributed by atoms with Crippen LogP contribution < -0.4 is 0 Å². The Bertz CT molecular complexity index is 537. The first kappa shape index (κ1) is 14.9. The van der Waals surface area contributed by atoms with E-state index in [1.54, 1.807) is 57.2 Å². The normalized spacial score (nSPS) is 12.6. The topological polar surface area (TPSA) is 54.4 Å². The molecule has 3 nitrogen and oxygen atoms in total. The van der Waals surface area contributed by atoms with Crippen LogP contribution in [-0.2, 0) is 0 Å². The number of aliphatic hydroxyl groups excluding tert-OH is 1. The molecule has 0 bridgehead atoms. The predicted octanol–water partition coefficient (Wildman–Crippen LogP) is 3.73. The number of carbonyl (C=O) groups excluding carboxylic acids is 2. The van der Waals surface area contributed by atoms with Gasteiger partial charge in [-0.25, -0.2) is 0 Å². The highest BCUT2D eigenvalue weighted by atomic mass is 16.3. The van der Waals surface area contributed by atoms with E-state index < -0.39 is 0 Å². The van der Waals surface area contributed by atoms with Crippen molar-refractivity contribution in [3.05, 3.63) is 58.9 Å². The average molecular weight is 258 g/mol. The van der Waals surface area contributed by atoms with Crippen molar-refractivity contribution in [1.29, 1.82) is 0 Å². The van der Waals surface area contributed by atoms with Gasteiger partial charge in [-0.2, -0.15) is 0 Å². The van der Waals surface area contributed by atoms with E-state index in [2.05, 4.69) is 0 Å². The smallest absolute Gasteiger partial charge is 0.197 e. The van der Waals surface area contributed by atoms with E-state index in [1.165, 1.54) is 0 Å². The molecular formula is C16H18O3. The third-order valence-corrected chi connectivity index (χ3v) is 2.73. The molecule has 0 saturated heterocycles. The Hall–Kier alpha value is -2.16. The number of allylic oxidation sites excluding steroid dienone is 4. The third-order valence-electron chi connectivity index (χ3n) is 2.73. The maximum atomic E-state index is 12.4. The highest BCUT2D eigenvalue weighted by molar-refractivity contribution is 6.14. The first-order chi connectivity index (χ1) is 9.02. The summed E-state index contributed by atoms with van der Waals surface area (Å²) in [4.78, 5) is 23.4.